The van der Waals surface area contributed by atoms with Crippen LogP contribution in [0, 0.1) is 11.7 Å². The van der Waals surface area contributed by atoms with E-state index >= 15 is 4.39 Å². The molecule has 0 unspecified atom stereocenters. The Labute approximate surface area is 219 Å². The summed E-state index contributed by atoms with van der Waals surface area (Å²) in [5, 5.41) is 4.58. The number of imidazole rings is 1. The minimum Gasteiger partial charge on any atom is -0.379 e. The van der Waals surface area contributed by atoms with Gasteiger partial charge in [-0.05, 0) is 73.7 Å². The van der Waals surface area contributed by atoms with E-state index in [2.05, 4.69) is 27.1 Å². The first-order chi connectivity index (χ1) is 18.6. The van der Waals surface area contributed by atoms with Crippen LogP contribution in [0.4, 0.5) is 10.1 Å². The van der Waals surface area contributed by atoms with Gasteiger partial charge in [0.1, 0.15) is 17.2 Å². The Morgan fingerprint density at radius 2 is 1.79 bits per heavy atom. The molecular formula is C31H30FN5O. The molecule has 0 spiro atoms. The fourth-order valence-electron chi connectivity index (χ4n) is 6.38. The summed E-state index contributed by atoms with van der Waals surface area (Å²) in [6.07, 6.45) is 3.08. The highest BCUT2D eigenvalue weighted by Crippen LogP contribution is 2.38. The maximum Gasteiger partial charge on any atom is 0.261 e. The molecular weight excluding hydrogens is 477 g/mol. The zero-order valence-electron chi connectivity index (χ0n) is 21.4. The lowest BCUT2D eigenvalue weighted by Gasteiger charge is -2.45. The predicted molar refractivity (Wildman–Crippen MR) is 151 cm³/mol. The number of hydrogen-bond donors (Lipinski definition) is 3. The van der Waals surface area contributed by atoms with Crippen molar-refractivity contribution in [3.05, 3.63) is 82.4 Å². The Kier molecular flexibility index (Phi) is 5.55. The number of piperidine rings is 3. The number of fused-ring (bicyclic) bond motifs is 5. The molecule has 0 radical (unpaired) electrons. The van der Waals surface area contributed by atoms with Crippen molar-refractivity contribution in [3.8, 4) is 22.5 Å². The number of benzene rings is 3. The van der Waals surface area contributed by atoms with Crippen molar-refractivity contribution in [3.63, 3.8) is 0 Å². The van der Waals surface area contributed by atoms with Crippen LogP contribution in [0.15, 0.2) is 65.5 Å². The third kappa shape index (κ3) is 3.80. The Hall–Kier alpha value is -3.97. The van der Waals surface area contributed by atoms with E-state index in [0.717, 1.165) is 72.1 Å². The molecule has 0 aliphatic carbocycles. The molecule has 2 aromatic heterocycles. The van der Waals surface area contributed by atoms with E-state index in [4.69, 9.17) is 4.98 Å². The first kappa shape index (κ1) is 23.2. The number of aryl methyl sites for hydroxylation is 1. The van der Waals surface area contributed by atoms with E-state index in [-0.39, 0.29) is 17.4 Å². The molecule has 5 heterocycles. The summed E-state index contributed by atoms with van der Waals surface area (Å²) in [6.45, 7) is 5.26. The fraction of sp³-hybridized carbons (Fsp3) is 0.290. The van der Waals surface area contributed by atoms with Gasteiger partial charge in [-0.25, -0.2) is 9.37 Å². The van der Waals surface area contributed by atoms with Gasteiger partial charge in [0, 0.05) is 23.5 Å². The molecule has 0 amide bonds. The predicted octanol–water partition coefficient (Wildman–Crippen LogP) is 5.95. The highest BCUT2D eigenvalue weighted by atomic mass is 19.1. The number of hydrogen-bond acceptors (Lipinski definition) is 4. The maximum atomic E-state index is 15.6. The molecule has 6 nitrogen and oxygen atoms in total. The van der Waals surface area contributed by atoms with E-state index in [1.54, 1.807) is 0 Å². The second kappa shape index (κ2) is 9.10. The molecule has 2 bridgehead atoms. The first-order valence-electron chi connectivity index (χ1n) is 13.5. The van der Waals surface area contributed by atoms with Crippen LogP contribution in [0.3, 0.4) is 0 Å². The number of para-hydroxylation sites is 2. The molecule has 3 fully saturated rings. The molecule has 3 saturated heterocycles. The maximum absolute atomic E-state index is 15.6. The van der Waals surface area contributed by atoms with E-state index in [1.165, 1.54) is 6.07 Å². The van der Waals surface area contributed by atoms with Crippen LogP contribution in [-0.2, 0) is 6.42 Å². The summed E-state index contributed by atoms with van der Waals surface area (Å²) in [5.41, 5.74) is 5.53. The molecule has 3 aromatic carbocycles. The van der Waals surface area contributed by atoms with Crippen molar-refractivity contribution >= 4 is 27.6 Å². The third-order valence-corrected chi connectivity index (χ3v) is 8.40. The van der Waals surface area contributed by atoms with Gasteiger partial charge in [0.05, 0.1) is 22.2 Å². The van der Waals surface area contributed by atoms with E-state index in [1.807, 2.05) is 54.6 Å². The number of aromatic amines is 2. The molecule has 0 saturated carbocycles. The molecule has 3 aliphatic rings. The van der Waals surface area contributed by atoms with Gasteiger partial charge >= 0.3 is 0 Å². The zero-order chi connectivity index (χ0) is 25.8. The highest BCUT2D eigenvalue weighted by molar-refractivity contribution is 6.01. The van der Waals surface area contributed by atoms with Crippen LogP contribution >= 0.6 is 0 Å². The largest absolute Gasteiger partial charge is 0.379 e. The third-order valence-electron chi connectivity index (χ3n) is 8.40. The molecule has 5 aromatic rings. The second-order valence-electron chi connectivity index (χ2n) is 10.6. The quantitative estimate of drug-likeness (QED) is 0.275. The van der Waals surface area contributed by atoms with Gasteiger partial charge in [0.15, 0.2) is 0 Å². The minimum atomic E-state index is -0.348. The van der Waals surface area contributed by atoms with Gasteiger partial charge in [-0.15, -0.1) is 0 Å². The topological polar surface area (TPSA) is 76.8 Å². The van der Waals surface area contributed by atoms with Crippen LogP contribution in [0.5, 0.6) is 0 Å². The smallest absolute Gasteiger partial charge is 0.261 e. The van der Waals surface area contributed by atoms with Crippen LogP contribution in [0.2, 0.25) is 0 Å². The molecule has 192 valence electrons. The van der Waals surface area contributed by atoms with Crippen molar-refractivity contribution < 1.29 is 4.39 Å². The lowest BCUT2D eigenvalue weighted by atomic mass is 9.83. The Balaban J connectivity index is 1.48. The first-order valence-corrected chi connectivity index (χ1v) is 13.5. The summed E-state index contributed by atoms with van der Waals surface area (Å²) in [4.78, 5) is 27.2. The summed E-state index contributed by atoms with van der Waals surface area (Å²) in [5.74, 6) is 0.705. The van der Waals surface area contributed by atoms with Crippen molar-refractivity contribution in [2.24, 2.45) is 5.92 Å². The van der Waals surface area contributed by atoms with Crippen LogP contribution in [0.1, 0.15) is 25.3 Å². The summed E-state index contributed by atoms with van der Waals surface area (Å²) < 4.78 is 15.6. The number of halogens is 1. The minimum absolute atomic E-state index is 0.210. The Morgan fingerprint density at radius 1 is 1.00 bits per heavy atom. The summed E-state index contributed by atoms with van der Waals surface area (Å²) >= 11 is 0. The van der Waals surface area contributed by atoms with Gasteiger partial charge in [-0.1, -0.05) is 43.3 Å². The number of anilines is 1. The molecule has 3 aliphatic heterocycles. The van der Waals surface area contributed by atoms with Gasteiger partial charge in [-0.2, -0.15) is 0 Å². The van der Waals surface area contributed by atoms with Gasteiger partial charge in [0.25, 0.3) is 5.56 Å². The average Bonchev–Trinajstić information content (AvgIpc) is 3.37. The van der Waals surface area contributed by atoms with Gasteiger partial charge in [-0.3, -0.25) is 4.79 Å². The molecule has 8 rings (SSSR count). The highest BCUT2D eigenvalue weighted by Gasteiger charge is 2.35. The standard InChI is InChI=1S/C31H30FN5O/c1-2-18-7-3-4-8-20(18)21-15-22-26(16-23(21)32)36-31(38)28(30-34-24-9-5-6-10-25(24)35-30)29(22)33-27-17-37-13-11-19(27)12-14-37/h3-10,15-16,19,27H,2,11-14,17H2,1H3,(H,34,35)(H2,33,36,38)/t27-/m0/s1. The van der Waals surface area contributed by atoms with Crippen LogP contribution in [0.25, 0.3) is 44.5 Å². The lowest BCUT2D eigenvalue weighted by molar-refractivity contribution is 0.0976. The number of pyridine rings is 1. The Morgan fingerprint density at radius 3 is 2.55 bits per heavy atom. The number of H-pyrrole nitrogens is 2. The SMILES string of the molecule is CCc1ccccc1-c1cc2c(N[C@H]3CN4CCC3CC4)c(-c3nc4ccccc4[nH]3)c(=O)[nH]c2cc1F. The van der Waals surface area contributed by atoms with Crippen LogP contribution < -0.4 is 10.9 Å². The molecule has 7 heteroatoms. The number of nitrogens with zero attached hydrogens (tertiary/aromatic N) is 2. The molecule has 1 atom stereocenters. The Bertz CT molecular complexity index is 1700. The zero-order valence-corrected chi connectivity index (χ0v) is 21.4. The monoisotopic (exact) mass is 507 g/mol. The van der Waals surface area contributed by atoms with Crippen molar-refractivity contribution in [2.45, 2.75) is 32.2 Å². The fourth-order valence-corrected chi connectivity index (χ4v) is 6.38. The van der Waals surface area contributed by atoms with Crippen molar-refractivity contribution in [1.82, 2.24) is 19.9 Å². The number of aromatic nitrogens is 3. The van der Waals surface area contributed by atoms with Gasteiger partial charge < -0.3 is 20.2 Å². The van der Waals surface area contributed by atoms with Crippen LogP contribution in [-0.4, -0.2) is 45.5 Å². The van der Waals surface area contributed by atoms with E-state index in [9.17, 15) is 4.79 Å². The van der Waals surface area contributed by atoms with Crippen molar-refractivity contribution in [1.29, 1.82) is 0 Å². The number of rotatable bonds is 5. The molecule has 3 N–H and O–H groups in total. The summed E-state index contributed by atoms with van der Waals surface area (Å²) in [7, 11) is 0. The normalized spacial score (nSPS) is 20.8. The second-order valence-corrected chi connectivity index (χ2v) is 10.6. The van der Waals surface area contributed by atoms with E-state index < -0.39 is 0 Å². The lowest BCUT2D eigenvalue weighted by Crippen LogP contribution is -2.53. The molecule has 38 heavy (non-hydrogen) atoms. The average molecular weight is 508 g/mol. The summed E-state index contributed by atoms with van der Waals surface area (Å²) in [6, 6.07) is 19.3. The van der Waals surface area contributed by atoms with Gasteiger partial charge in [0.2, 0.25) is 0 Å². The number of nitrogens with one attached hydrogen (secondary N) is 3. The van der Waals surface area contributed by atoms with E-state index in [0.29, 0.717) is 28.4 Å². The van der Waals surface area contributed by atoms with Crippen molar-refractivity contribution in [2.75, 3.05) is 25.0 Å².